The summed E-state index contributed by atoms with van der Waals surface area (Å²) in [5.74, 6) is 1.74. The quantitative estimate of drug-likeness (QED) is 0.672. The summed E-state index contributed by atoms with van der Waals surface area (Å²) in [5, 5.41) is 3.78. The minimum absolute atomic E-state index is 0.545. The predicted octanol–water partition coefficient (Wildman–Crippen LogP) is 5.01. The molecule has 0 saturated heterocycles. The highest BCUT2D eigenvalue weighted by atomic mass is 14.9. The SMILES string of the molecule is CCNC(CCCC(C)C)C1CCCCC1(C)C. The largest absolute Gasteiger partial charge is 0.314 e. The van der Waals surface area contributed by atoms with Gasteiger partial charge in [-0.15, -0.1) is 0 Å². The first-order valence-electron chi connectivity index (χ1n) is 8.20. The Balaban J connectivity index is 2.53. The molecule has 0 spiro atoms. The van der Waals surface area contributed by atoms with Gasteiger partial charge in [-0.3, -0.25) is 0 Å². The third-order valence-corrected chi connectivity index (χ3v) is 4.84. The lowest BCUT2D eigenvalue weighted by molar-refractivity contribution is 0.0938. The van der Waals surface area contributed by atoms with Crippen molar-refractivity contribution in [1.29, 1.82) is 0 Å². The van der Waals surface area contributed by atoms with Crippen molar-refractivity contribution < 1.29 is 0 Å². The standard InChI is InChI=1S/C17H35N/c1-6-18-16(12-9-10-14(2)3)15-11-7-8-13-17(15,4)5/h14-16,18H,6-13H2,1-5H3. The van der Waals surface area contributed by atoms with E-state index in [1.165, 1.54) is 44.9 Å². The topological polar surface area (TPSA) is 12.0 Å². The first kappa shape index (κ1) is 16.0. The second kappa shape index (κ2) is 7.53. The van der Waals surface area contributed by atoms with E-state index in [1.807, 2.05) is 0 Å². The molecule has 108 valence electrons. The Kier molecular flexibility index (Phi) is 6.70. The van der Waals surface area contributed by atoms with Gasteiger partial charge in [-0.05, 0) is 43.1 Å². The normalized spacial score (nSPS) is 25.3. The van der Waals surface area contributed by atoms with Crippen molar-refractivity contribution in [2.45, 2.75) is 85.6 Å². The van der Waals surface area contributed by atoms with Crippen LogP contribution in [0.15, 0.2) is 0 Å². The van der Waals surface area contributed by atoms with Crippen molar-refractivity contribution in [2.24, 2.45) is 17.3 Å². The lowest BCUT2D eigenvalue weighted by Crippen LogP contribution is -2.44. The zero-order valence-electron chi connectivity index (χ0n) is 13.4. The second-order valence-electron chi connectivity index (χ2n) is 7.33. The first-order chi connectivity index (χ1) is 8.47. The van der Waals surface area contributed by atoms with Gasteiger partial charge in [0.2, 0.25) is 0 Å². The maximum atomic E-state index is 3.78. The van der Waals surface area contributed by atoms with Crippen LogP contribution in [0.3, 0.4) is 0 Å². The van der Waals surface area contributed by atoms with E-state index in [0.717, 1.165) is 24.4 Å². The van der Waals surface area contributed by atoms with Gasteiger partial charge in [0, 0.05) is 6.04 Å². The van der Waals surface area contributed by atoms with Crippen molar-refractivity contribution in [3.63, 3.8) is 0 Å². The summed E-state index contributed by atoms with van der Waals surface area (Å²) >= 11 is 0. The molecule has 1 fully saturated rings. The summed E-state index contributed by atoms with van der Waals surface area (Å²) in [5.41, 5.74) is 0.545. The fourth-order valence-corrected chi connectivity index (χ4v) is 3.72. The van der Waals surface area contributed by atoms with Gasteiger partial charge in [-0.25, -0.2) is 0 Å². The van der Waals surface area contributed by atoms with Crippen molar-refractivity contribution in [1.82, 2.24) is 5.32 Å². The van der Waals surface area contributed by atoms with E-state index in [2.05, 4.69) is 39.9 Å². The van der Waals surface area contributed by atoms with E-state index in [-0.39, 0.29) is 0 Å². The highest BCUT2D eigenvalue weighted by Crippen LogP contribution is 2.43. The maximum Gasteiger partial charge on any atom is 0.0100 e. The molecule has 1 aliphatic carbocycles. The van der Waals surface area contributed by atoms with Crippen LogP contribution in [-0.4, -0.2) is 12.6 Å². The number of hydrogen-bond acceptors (Lipinski definition) is 1. The molecule has 1 nitrogen and oxygen atoms in total. The van der Waals surface area contributed by atoms with Crippen LogP contribution in [0.4, 0.5) is 0 Å². The van der Waals surface area contributed by atoms with Crippen LogP contribution in [0, 0.1) is 17.3 Å². The van der Waals surface area contributed by atoms with Gasteiger partial charge in [0.25, 0.3) is 0 Å². The smallest absolute Gasteiger partial charge is 0.0100 e. The molecule has 2 atom stereocenters. The van der Waals surface area contributed by atoms with Gasteiger partial charge in [0.05, 0.1) is 0 Å². The van der Waals surface area contributed by atoms with Crippen LogP contribution < -0.4 is 5.32 Å². The lowest BCUT2D eigenvalue weighted by Gasteiger charge is -2.43. The Morgan fingerprint density at radius 2 is 1.89 bits per heavy atom. The fourth-order valence-electron chi connectivity index (χ4n) is 3.72. The summed E-state index contributed by atoms with van der Waals surface area (Å²) in [7, 11) is 0. The molecule has 1 rings (SSSR count). The summed E-state index contributed by atoms with van der Waals surface area (Å²) in [6, 6.07) is 0.754. The third-order valence-electron chi connectivity index (χ3n) is 4.84. The summed E-state index contributed by atoms with van der Waals surface area (Å²) < 4.78 is 0. The molecule has 0 aromatic heterocycles. The van der Waals surface area contributed by atoms with Crippen molar-refractivity contribution in [3.05, 3.63) is 0 Å². The van der Waals surface area contributed by atoms with Gasteiger partial charge in [-0.1, -0.05) is 60.3 Å². The summed E-state index contributed by atoms with van der Waals surface area (Å²) in [6.45, 7) is 13.0. The molecule has 18 heavy (non-hydrogen) atoms. The second-order valence-corrected chi connectivity index (χ2v) is 7.33. The minimum Gasteiger partial charge on any atom is -0.314 e. The number of nitrogens with one attached hydrogen (secondary N) is 1. The van der Waals surface area contributed by atoms with Crippen LogP contribution in [-0.2, 0) is 0 Å². The van der Waals surface area contributed by atoms with Crippen LogP contribution in [0.5, 0.6) is 0 Å². The molecular weight excluding hydrogens is 218 g/mol. The Morgan fingerprint density at radius 3 is 2.44 bits per heavy atom. The van der Waals surface area contributed by atoms with E-state index in [0.29, 0.717) is 5.41 Å². The summed E-state index contributed by atoms with van der Waals surface area (Å²) in [6.07, 6.45) is 9.89. The van der Waals surface area contributed by atoms with Gasteiger partial charge in [-0.2, -0.15) is 0 Å². The van der Waals surface area contributed by atoms with Gasteiger partial charge in [0.1, 0.15) is 0 Å². The van der Waals surface area contributed by atoms with Crippen LogP contribution in [0.2, 0.25) is 0 Å². The molecule has 0 heterocycles. The zero-order chi connectivity index (χ0) is 13.6. The Hall–Kier alpha value is -0.0400. The fraction of sp³-hybridized carbons (Fsp3) is 1.00. The molecule has 0 amide bonds. The molecule has 2 unspecified atom stereocenters. The first-order valence-corrected chi connectivity index (χ1v) is 8.20. The van der Waals surface area contributed by atoms with Crippen molar-refractivity contribution >= 4 is 0 Å². The van der Waals surface area contributed by atoms with E-state index in [1.54, 1.807) is 0 Å². The highest BCUT2D eigenvalue weighted by molar-refractivity contribution is 4.90. The van der Waals surface area contributed by atoms with Crippen LogP contribution in [0.1, 0.15) is 79.6 Å². The lowest BCUT2D eigenvalue weighted by atomic mass is 9.65. The molecule has 0 radical (unpaired) electrons. The molecule has 0 aliphatic heterocycles. The molecule has 1 aliphatic rings. The van der Waals surface area contributed by atoms with Gasteiger partial charge >= 0.3 is 0 Å². The van der Waals surface area contributed by atoms with E-state index in [4.69, 9.17) is 0 Å². The van der Waals surface area contributed by atoms with Gasteiger partial charge < -0.3 is 5.32 Å². The molecule has 0 aromatic carbocycles. The van der Waals surface area contributed by atoms with E-state index < -0.39 is 0 Å². The number of rotatable bonds is 7. The third kappa shape index (κ3) is 4.91. The van der Waals surface area contributed by atoms with Crippen LogP contribution in [0.25, 0.3) is 0 Å². The molecule has 1 N–H and O–H groups in total. The Bertz CT molecular complexity index is 220. The average Bonchev–Trinajstić information content (AvgIpc) is 2.27. The van der Waals surface area contributed by atoms with Crippen molar-refractivity contribution in [2.75, 3.05) is 6.54 Å². The van der Waals surface area contributed by atoms with Crippen molar-refractivity contribution in [3.8, 4) is 0 Å². The monoisotopic (exact) mass is 253 g/mol. The maximum absolute atomic E-state index is 3.78. The molecular formula is C17H35N. The molecule has 1 saturated carbocycles. The average molecular weight is 253 g/mol. The molecule has 1 heteroatoms. The highest BCUT2D eigenvalue weighted by Gasteiger charge is 2.36. The Morgan fingerprint density at radius 1 is 1.17 bits per heavy atom. The van der Waals surface area contributed by atoms with E-state index in [9.17, 15) is 0 Å². The minimum atomic E-state index is 0.545. The van der Waals surface area contributed by atoms with E-state index >= 15 is 0 Å². The summed E-state index contributed by atoms with van der Waals surface area (Å²) in [4.78, 5) is 0. The van der Waals surface area contributed by atoms with Crippen LogP contribution >= 0.6 is 0 Å². The Labute approximate surface area is 115 Å². The predicted molar refractivity (Wildman–Crippen MR) is 81.9 cm³/mol. The zero-order valence-corrected chi connectivity index (χ0v) is 13.4. The molecule has 0 aromatic rings. The van der Waals surface area contributed by atoms with Gasteiger partial charge in [0.15, 0.2) is 0 Å². The number of hydrogen-bond donors (Lipinski definition) is 1. The molecule has 0 bridgehead atoms.